The largest absolute Gasteiger partial charge is 0.469 e. The summed E-state index contributed by atoms with van der Waals surface area (Å²) in [6, 6.07) is 0.0274. The van der Waals surface area contributed by atoms with Gasteiger partial charge in [-0.05, 0) is 27.8 Å². The Hall–Kier alpha value is -0.610. The van der Waals surface area contributed by atoms with Gasteiger partial charge < -0.3 is 9.84 Å². The van der Waals surface area contributed by atoms with Crippen LogP contribution in [0.3, 0.4) is 0 Å². The summed E-state index contributed by atoms with van der Waals surface area (Å²) in [5.41, 5.74) is -0.332. The number of nitrogens with zero attached hydrogens (tertiary/aromatic N) is 1. The lowest BCUT2D eigenvalue weighted by Crippen LogP contribution is -2.52. The second-order valence-electron chi connectivity index (χ2n) is 4.63. The molecule has 0 fully saturated rings. The van der Waals surface area contributed by atoms with Gasteiger partial charge in [0.15, 0.2) is 0 Å². The quantitative estimate of drug-likeness (QED) is 0.695. The fourth-order valence-corrected chi connectivity index (χ4v) is 1.38. The Kier molecular flexibility index (Phi) is 5.24. The Morgan fingerprint density at radius 2 is 1.93 bits per heavy atom. The van der Waals surface area contributed by atoms with E-state index in [9.17, 15) is 9.90 Å². The highest BCUT2D eigenvalue weighted by atomic mass is 16.5. The fourth-order valence-electron chi connectivity index (χ4n) is 1.38. The third kappa shape index (κ3) is 3.47. The van der Waals surface area contributed by atoms with E-state index < -0.39 is 0 Å². The van der Waals surface area contributed by atoms with Crippen molar-refractivity contribution < 1.29 is 14.6 Å². The van der Waals surface area contributed by atoms with Crippen molar-refractivity contribution in [3.05, 3.63) is 0 Å². The first kappa shape index (κ1) is 14.4. The molecule has 0 radical (unpaired) electrons. The fraction of sp³-hybridized carbons (Fsp3) is 0.909. The van der Waals surface area contributed by atoms with E-state index >= 15 is 0 Å². The van der Waals surface area contributed by atoms with Gasteiger partial charge in [-0.3, -0.25) is 9.69 Å². The number of likely N-dealkylation sites (N-methyl/N-ethyl adjacent to an activating group) is 1. The summed E-state index contributed by atoms with van der Waals surface area (Å²) in [7, 11) is 3.29. The summed E-state index contributed by atoms with van der Waals surface area (Å²) in [6.45, 7) is 7.72. The zero-order valence-corrected chi connectivity index (χ0v) is 10.6. The summed E-state index contributed by atoms with van der Waals surface area (Å²) in [6.07, 6.45) is 0. The first-order chi connectivity index (χ1) is 6.77. The van der Waals surface area contributed by atoms with E-state index in [1.54, 1.807) is 0 Å². The van der Waals surface area contributed by atoms with Crippen LogP contribution in [0.25, 0.3) is 0 Å². The van der Waals surface area contributed by atoms with Gasteiger partial charge in [-0.15, -0.1) is 0 Å². The molecule has 0 aromatic rings. The maximum Gasteiger partial charge on any atom is 0.309 e. The highest BCUT2D eigenvalue weighted by Crippen LogP contribution is 2.20. The molecular formula is C11H23NO3. The molecule has 4 nitrogen and oxygen atoms in total. The molecule has 0 amide bonds. The summed E-state index contributed by atoms with van der Waals surface area (Å²) < 4.78 is 4.70. The Labute approximate surface area is 92.2 Å². The van der Waals surface area contributed by atoms with E-state index in [4.69, 9.17) is 4.74 Å². The van der Waals surface area contributed by atoms with Gasteiger partial charge >= 0.3 is 5.97 Å². The van der Waals surface area contributed by atoms with Gasteiger partial charge in [0.1, 0.15) is 0 Å². The molecule has 0 aliphatic carbocycles. The molecule has 0 bridgehead atoms. The van der Waals surface area contributed by atoms with Crippen LogP contribution in [-0.4, -0.2) is 48.3 Å². The zero-order chi connectivity index (χ0) is 12.2. The molecule has 15 heavy (non-hydrogen) atoms. The number of esters is 1. The van der Waals surface area contributed by atoms with Crippen molar-refractivity contribution in [1.29, 1.82) is 0 Å². The van der Waals surface area contributed by atoms with Gasteiger partial charge in [0, 0.05) is 11.6 Å². The van der Waals surface area contributed by atoms with Gasteiger partial charge in [-0.2, -0.15) is 0 Å². The van der Waals surface area contributed by atoms with Crippen molar-refractivity contribution in [3.63, 3.8) is 0 Å². The minimum atomic E-state index is -0.332. The second kappa shape index (κ2) is 5.47. The van der Waals surface area contributed by atoms with E-state index in [1.165, 1.54) is 7.11 Å². The first-order valence-corrected chi connectivity index (χ1v) is 5.19. The molecular weight excluding hydrogens is 194 g/mol. The number of carbonyl (C=O) groups excluding carboxylic acids is 1. The van der Waals surface area contributed by atoms with E-state index in [1.807, 2.05) is 39.6 Å². The van der Waals surface area contributed by atoms with E-state index in [0.29, 0.717) is 0 Å². The van der Waals surface area contributed by atoms with Crippen LogP contribution >= 0.6 is 0 Å². The number of methoxy groups -OCH3 is 1. The van der Waals surface area contributed by atoms with Gasteiger partial charge in [0.05, 0.1) is 19.6 Å². The molecule has 0 rings (SSSR count). The molecule has 1 N–H and O–H groups in total. The molecule has 0 saturated heterocycles. The minimum absolute atomic E-state index is 0.0274. The maximum atomic E-state index is 11.4. The summed E-state index contributed by atoms with van der Waals surface area (Å²) in [5.74, 6) is -0.422. The van der Waals surface area contributed by atoms with Crippen LogP contribution < -0.4 is 0 Å². The van der Waals surface area contributed by atoms with E-state index in [2.05, 4.69) is 0 Å². The van der Waals surface area contributed by atoms with E-state index in [-0.39, 0.29) is 30.1 Å². The number of ether oxygens (including phenoxy) is 1. The Bertz CT molecular complexity index is 216. The lowest BCUT2D eigenvalue weighted by atomic mass is 9.96. The summed E-state index contributed by atoms with van der Waals surface area (Å²) >= 11 is 0. The number of aliphatic hydroxyl groups excluding tert-OH is 1. The Morgan fingerprint density at radius 3 is 2.27 bits per heavy atom. The predicted octanol–water partition coefficient (Wildman–Crippen LogP) is 0.887. The third-order valence-electron chi connectivity index (χ3n) is 3.25. The summed E-state index contributed by atoms with van der Waals surface area (Å²) in [5, 5.41) is 9.23. The smallest absolute Gasteiger partial charge is 0.309 e. The molecule has 0 heterocycles. The highest BCUT2D eigenvalue weighted by Gasteiger charge is 2.32. The van der Waals surface area contributed by atoms with Crippen molar-refractivity contribution in [3.8, 4) is 0 Å². The van der Waals surface area contributed by atoms with Crippen LogP contribution in [0.1, 0.15) is 27.7 Å². The summed E-state index contributed by atoms with van der Waals surface area (Å²) in [4.78, 5) is 13.4. The topological polar surface area (TPSA) is 49.8 Å². The molecule has 0 spiro atoms. The van der Waals surface area contributed by atoms with Gasteiger partial charge in [-0.1, -0.05) is 6.92 Å². The molecule has 0 aromatic carbocycles. The van der Waals surface area contributed by atoms with Crippen molar-refractivity contribution in [1.82, 2.24) is 4.90 Å². The SMILES string of the molecule is COC(=O)C(C)C(C)N(C)C(C)(C)CO. The number of aliphatic hydroxyl groups is 1. The lowest BCUT2D eigenvalue weighted by Gasteiger charge is -2.40. The molecule has 0 aliphatic heterocycles. The molecule has 4 heteroatoms. The first-order valence-electron chi connectivity index (χ1n) is 5.19. The molecule has 0 aromatic heterocycles. The zero-order valence-electron chi connectivity index (χ0n) is 10.6. The minimum Gasteiger partial charge on any atom is -0.469 e. The van der Waals surface area contributed by atoms with Crippen molar-refractivity contribution in [2.45, 2.75) is 39.3 Å². The normalized spacial score (nSPS) is 16.3. The van der Waals surface area contributed by atoms with Gasteiger partial charge in [0.2, 0.25) is 0 Å². The lowest BCUT2D eigenvalue weighted by molar-refractivity contribution is -0.147. The standard InChI is InChI=1S/C11H23NO3/c1-8(10(14)15-6)9(2)12(5)11(3,4)7-13/h8-9,13H,7H2,1-6H3. The monoisotopic (exact) mass is 217 g/mol. The number of hydrogen-bond donors (Lipinski definition) is 1. The molecule has 2 unspecified atom stereocenters. The van der Waals surface area contributed by atoms with Crippen molar-refractivity contribution in [2.75, 3.05) is 20.8 Å². The van der Waals surface area contributed by atoms with Gasteiger partial charge in [0.25, 0.3) is 0 Å². The van der Waals surface area contributed by atoms with Crippen LogP contribution in [0.4, 0.5) is 0 Å². The van der Waals surface area contributed by atoms with Crippen LogP contribution in [0.15, 0.2) is 0 Å². The average molecular weight is 217 g/mol. The average Bonchev–Trinajstić information content (AvgIpc) is 2.24. The number of hydrogen-bond acceptors (Lipinski definition) is 4. The van der Waals surface area contributed by atoms with E-state index in [0.717, 1.165) is 0 Å². The van der Waals surface area contributed by atoms with Gasteiger partial charge in [-0.25, -0.2) is 0 Å². The third-order valence-corrected chi connectivity index (χ3v) is 3.25. The Balaban J connectivity index is 4.57. The maximum absolute atomic E-state index is 11.4. The van der Waals surface area contributed by atoms with Crippen LogP contribution in [0, 0.1) is 5.92 Å². The molecule has 0 aliphatic rings. The molecule has 90 valence electrons. The van der Waals surface area contributed by atoms with Crippen LogP contribution in [0.5, 0.6) is 0 Å². The Morgan fingerprint density at radius 1 is 1.47 bits per heavy atom. The molecule has 0 saturated carbocycles. The second-order valence-corrected chi connectivity index (χ2v) is 4.63. The highest BCUT2D eigenvalue weighted by molar-refractivity contribution is 5.72. The predicted molar refractivity (Wildman–Crippen MR) is 59.6 cm³/mol. The van der Waals surface area contributed by atoms with Crippen molar-refractivity contribution in [2.24, 2.45) is 5.92 Å². The number of rotatable bonds is 5. The van der Waals surface area contributed by atoms with Crippen LogP contribution in [-0.2, 0) is 9.53 Å². The number of carbonyl (C=O) groups is 1. The van der Waals surface area contributed by atoms with Crippen LogP contribution in [0.2, 0.25) is 0 Å². The van der Waals surface area contributed by atoms with Crippen molar-refractivity contribution >= 4 is 5.97 Å². The molecule has 2 atom stereocenters.